The Morgan fingerprint density at radius 2 is 0.717 bits per heavy atom. The molecular weight excluding hydrogens is 637 g/mol. The highest BCUT2D eigenvalue weighted by molar-refractivity contribution is 6.29. The maximum absolute atomic E-state index is 2.52. The van der Waals surface area contributed by atoms with Crippen LogP contribution >= 0.6 is 0 Å². The molecule has 8 aromatic carbocycles. The predicted octanol–water partition coefficient (Wildman–Crippen LogP) is 15.0. The molecule has 0 fully saturated rings. The van der Waals surface area contributed by atoms with E-state index in [1.165, 1.54) is 99.1 Å². The van der Waals surface area contributed by atoms with Gasteiger partial charge in [-0.3, -0.25) is 0 Å². The van der Waals surface area contributed by atoms with E-state index in [1.807, 2.05) is 0 Å². The monoisotopic (exact) mass is 684 g/mol. The van der Waals surface area contributed by atoms with Crippen molar-refractivity contribution in [2.75, 3.05) is 0 Å². The highest BCUT2D eigenvalue weighted by Crippen LogP contribution is 2.54. The summed E-state index contributed by atoms with van der Waals surface area (Å²) in [6.07, 6.45) is 0. The lowest BCUT2D eigenvalue weighted by atomic mass is 9.76. The summed E-state index contributed by atoms with van der Waals surface area (Å²) >= 11 is 0. The molecular formula is C53H48. The molecule has 0 heteroatoms. The summed E-state index contributed by atoms with van der Waals surface area (Å²) in [5.41, 5.74) is 15.6. The lowest BCUT2D eigenvalue weighted by Crippen LogP contribution is -2.19. The molecule has 0 amide bonds. The van der Waals surface area contributed by atoms with Gasteiger partial charge in [-0.25, -0.2) is 0 Å². The Morgan fingerprint density at radius 1 is 0.321 bits per heavy atom. The summed E-state index contributed by atoms with van der Waals surface area (Å²) in [5, 5.41) is 8.34. The molecule has 1 aliphatic rings. The Bertz CT molecular complexity index is 2670. The van der Waals surface area contributed by atoms with Crippen LogP contribution in [0, 0.1) is 0 Å². The summed E-state index contributed by atoms with van der Waals surface area (Å²) in [6.45, 7) is 19.0. The number of hydrogen-bond donors (Lipinski definition) is 0. The first-order chi connectivity index (χ1) is 25.3. The van der Waals surface area contributed by atoms with Crippen molar-refractivity contribution in [2.45, 2.75) is 71.6 Å². The van der Waals surface area contributed by atoms with Gasteiger partial charge in [0, 0.05) is 5.41 Å². The number of fused-ring (bicyclic) bond motifs is 3. The molecule has 0 heterocycles. The Hall–Kier alpha value is -5.46. The van der Waals surface area contributed by atoms with Crippen LogP contribution in [0.5, 0.6) is 0 Å². The van der Waals surface area contributed by atoms with Crippen molar-refractivity contribution in [1.29, 1.82) is 0 Å². The minimum Gasteiger partial charge on any atom is -0.0622 e. The van der Waals surface area contributed by atoms with Crippen LogP contribution in [0.15, 0.2) is 146 Å². The smallest absolute Gasteiger partial charge is 0.0159 e. The molecule has 0 nitrogen and oxygen atoms in total. The van der Waals surface area contributed by atoms with Gasteiger partial charge in [0.25, 0.3) is 0 Å². The molecule has 0 unspecified atom stereocenters. The number of benzene rings is 8. The maximum atomic E-state index is 2.52. The Balaban J connectivity index is 1.27. The Labute approximate surface area is 315 Å². The molecule has 0 saturated carbocycles. The second-order valence-corrected chi connectivity index (χ2v) is 17.9. The van der Waals surface area contributed by atoms with E-state index in [1.54, 1.807) is 0 Å². The predicted molar refractivity (Wildman–Crippen MR) is 230 cm³/mol. The molecule has 0 atom stereocenters. The summed E-state index contributed by atoms with van der Waals surface area (Å²) in [6, 6.07) is 54.9. The number of hydrogen-bond acceptors (Lipinski definition) is 0. The normalized spacial score (nSPS) is 13.8. The SMILES string of the molecule is CC(C)(C)c1cc2c3c(c1)c1ccc(-c4cccc(-c5cc(-c6ccccc6)cc(-c6ccccc6)c5)c4)cc1c1cc(C(C)(C)C)cc(c13)C2(C)C. The molecule has 9 rings (SSSR count). The van der Waals surface area contributed by atoms with Gasteiger partial charge in [-0.1, -0.05) is 159 Å². The van der Waals surface area contributed by atoms with Gasteiger partial charge in [0.2, 0.25) is 0 Å². The topological polar surface area (TPSA) is 0 Å². The summed E-state index contributed by atoms with van der Waals surface area (Å²) < 4.78 is 0. The van der Waals surface area contributed by atoms with E-state index in [-0.39, 0.29) is 16.2 Å². The molecule has 8 aromatic rings. The fourth-order valence-electron chi connectivity index (χ4n) is 8.69. The first kappa shape index (κ1) is 33.4. The van der Waals surface area contributed by atoms with Crippen molar-refractivity contribution >= 4 is 32.3 Å². The first-order valence-corrected chi connectivity index (χ1v) is 19.2. The van der Waals surface area contributed by atoms with E-state index >= 15 is 0 Å². The van der Waals surface area contributed by atoms with Crippen LogP contribution in [0.4, 0.5) is 0 Å². The van der Waals surface area contributed by atoms with Gasteiger partial charge in [-0.2, -0.15) is 0 Å². The van der Waals surface area contributed by atoms with Gasteiger partial charge in [0.05, 0.1) is 0 Å². The zero-order valence-electron chi connectivity index (χ0n) is 32.4. The fraction of sp³-hybridized carbons (Fsp3) is 0.208. The lowest BCUT2D eigenvalue weighted by Gasteiger charge is -2.27. The third-order valence-electron chi connectivity index (χ3n) is 11.9. The quantitative estimate of drug-likeness (QED) is 0.162. The van der Waals surface area contributed by atoms with Crippen molar-refractivity contribution in [2.24, 2.45) is 0 Å². The third-order valence-corrected chi connectivity index (χ3v) is 11.9. The van der Waals surface area contributed by atoms with Gasteiger partial charge in [0.1, 0.15) is 0 Å². The highest BCUT2D eigenvalue weighted by atomic mass is 14.4. The molecule has 0 aliphatic heterocycles. The average molecular weight is 685 g/mol. The second kappa shape index (κ2) is 11.8. The van der Waals surface area contributed by atoms with Crippen molar-refractivity contribution in [3.63, 3.8) is 0 Å². The first-order valence-electron chi connectivity index (χ1n) is 19.2. The Morgan fingerprint density at radius 3 is 1.21 bits per heavy atom. The van der Waals surface area contributed by atoms with Crippen LogP contribution in [0.3, 0.4) is 0 Å². The summed E-state index contributed by atoms with van der Waals surface area (Å²) in [4.78, 5) is 0. The molecule has 260 valence electrons. The van der Waals surface area contributed by atoms with Crippen molar-refractivity contribution in [1.82, 2.24) is 0 Å². The van der Waals surface area contributed by atoms with Crippen LogP contribution in [0.1, 0.15) is 77.6 Å². The third kappa shape index (κ3) is 5.50. The van der Waals surface area contributed by atoms with E-state index in [2.05, 4.69) is 201 Å². The molecule has 0 spiro atoms. The van der Waals surface area contributed by atoms with Crippen molar-refractivity contribution in [3.05, 3.63) is 168 Å². The highest BCUT2D eigenvalue weighted by Gasteiger charge is 2.37. The van der Waals surface area contributed by atoms with Crippen molar-refractivity contribution in [3.8, 4) is 44.5 Å². The lowest BCUT2D eigenvalue weighted by molar-refractivity contribution is 0.581. The summed E-state index contributed by atoms with van der Waals surface area (Å²) in [7, 11) is 0. The van der Waals surface area contributed by atoms with E-state index in [0.717, 1.165) is 0 Å². The van der Waals surface area contributed by atoms with Crippen LogP contribution < -0.4 is 0 Å². The van der Waals surface area contributed by atoms with Crippen LogP contribution in [0.2, 0.25) is 0 Å². The molecule has 0 aromatic heterocycles. The van der Waals surface area contributed by atoms with Crippen molar-refractivity contribution < 1.29 is 0 Å². The molecule has 1 aliphatic carbocycles. The van der Waals surface area contributed by atoms with Crippen LogP contribution in [0.25, 0.3) is 76.8 Å². The maximum Gasteiger partial charge on any atom is 0.0159 e. The standard InChI is InChI=1S/C53H48/c1-51(2,3)41-29-45-43-23-22-37(28-44(43)46-30-42(52(4,5)6)32-48-50(46)49(45)47(31-41)53(48,7)8)35-20-15-21-36(24-35)40-26-38(33-16-11-9-12-17-33)25-39(27-40)34-18-13-10-14-19-34/h9-32H,1-8H3. The Kier molecular flexibility index (Phi) is 7.42. The molecule has 0 bridgehead atoms. The van der Waals surface area contributed by atoms with Gasteiger partial charge < -0.3 is 0 Å². The minimum atomic E-state index is -0.0806. The second-order valence-electron chi connectivity index (χ2n) is 17.9. The zero-order chi connectivity index (χ0) is 36.9. The van der Waals surface area contributed by atoms with Gasteiger partial charge in [0.15, 0.2) is 0 Å². The number of rotatable bonds is 4. The fourth-order valence-corrected chi connectivity index (χ4v) is 8.69. The molecule has 0 N–H and O–H groups in total. The minimum absolute atomic E-state index is 0.0340. The largest absolute Gasteiger partial charge is 0.0622 e. The summed E-state index contributed by atoms with van der Waals surface area (Å²) in [5.74, 6) is 0. The molecule has 0 saturated heterocycles. The van der Waals surface area contributed by atoms with E-state index < -0.39 is 0 Å². The van der Waals surface area contributed by atoms with Gasteiger partial charge in [-0.05, 0) is 152 Å². The molecule has 0 radical (unpaired) electrons. The van der Waals surface area contributed by atoms with Crippen LogP contribution in [-0.4, -0.2) is 0 Å². The van der Waals surface area contributed by atoms with Crippen LogP contribution in [-0.2, 0) is 16.2 Å². The molecule has 53 heavy (non-hydrogen) atoms. The van der Waals surface area contributed by atoms with Gasteiger partial charge in [-0.15, -0.1) is 0 Å². The average Bonchev–Trinajstić information content (AvgIpc) is 3.39. The van der Waals surface area contributed by atoms with E-state index in [0.29, 0.717) is 0 Å². The van der Waals surface area contributed by atoms with E-state index in [9.17, 15) is 0 Å². The van der Waals surface area contributed by atoms with Gasteiger partial charge >= 0.3 is 0 Å². The zero-order valence-corrected chi connectivity index (χ0v) is 32.4. The van der Waals surface area contributed by atoms with E-state index in [4.69, 9.17) is 0 Å².